The van der Waals surface area contributed by atoms with Crippen molar-refractivity contribution in [3.8, 4) is 0 Å². The van der Waals surface area contributed by atoms with E-state index in [-0.39, 0.29) is 29.8 Å². The topological polar surface area (TPSA) is 61.4 Å². The zero-order valence-electron chi connectivity index (χ0n) is 16.1. The number of piperidine rings is 1. The van der Waals surface area contributed by atoms with Crippen molar-refractivity contribution in [3.05, 3.63) is 35.4 Å². The molecule has 0 radical (unpaired) electrons. The highest BCUT2D eigenvalue weighted by atomic mass is 16.2. The molecule has 1 aromatic rings. The number of likely N-dealkylation sites (tertiary alicyclic amines) is 1. The number of amides is 3. The number of nitrogens with zero attached hydrogens (tertiary/aromatic N) is 1. The third-order valence-electron chi connectivity index (χ3n) is 5.30. The normalized spacial score (nSPS) is 23.0. The highest BCUT2D eigenvalue weighted by molar-refractivity contribution is 5.81. The molecular weight excluding hydrogens is 326 g/mol. The second-order valence-electron chi connectivity index (χ2n) is 8.24. The molecule has 0 unspecified atom stereocenters. The standard InChI is InChI=1S/C21H31N3O2/c1-14(2)23-21(26)24-12-18(17-6-4-5-15(3)9-17)10-19(13-24)20(25)22-11-16-7-8-16/h4-6,9,14,16,18-19H,7-8,10-13H2,1-3H3,(H,22,25)(H,23,26)/t18-,19+/m1/s1. The van der Waals surface area contributed by atoms with Gasteiger partial charge in [-0.15, -0.1) is 0 Å². The van der Waals surface area contributed by atoms with Crippen LogP contribution in [0.5, 0.6) is 0 Å². The van der Waals surface area contributed by atoms with Gasteiger partial charge in [0.2, 0.25) is 5.91 Å². The SMILES string of the molecule is Cc1cccc([C@@H]2C[C@H](C(=O)NCC3CC3)CN(C(=O)NC(C)C)C2)c1. The summed E-state index contributed by atoms with van der Waals surface area (Å²) in [6, 6.07) is 8.44. The maximum Gasteiger partial charge on any atom is 0.317 e. The fourth-order valence-corrected chi connectivity index (χ4v) is 3.67. The van der Waals surface area contributed by atoms with Gasteiger partial charge in [0.1, 0.15) is 0 Å². The lowest BCUT2D eigenvalue weighted by molar-refractivity contribution is -0.126. The van der Waals surface area contributed by atoms with Gasteiger partial charge in [0, 0.05) is 31.6 Å². The lowest BCUT2D eigenvalue weighted by atomic mass is 9.83. The average Bonchev–Trinajstić information content (AvgIpc) is 3.43. The van der Waals surface area contributed by atoms with Crippen molar-refractivity contribution in [2.45, 2.75) is 52.0 Å². The van der Waals surface area contributed by atoms with Crippen LogP contribution in [0.4, 0.5) is 4.79 Å². The van der Waals surface area contributed by atoms with Crippen molar-refractivity contribution >= 4 is 11.9 Å². The zero-order chi connectivity index (χ0) is 18.7. The summed E-state index contributed by atoms with van der Waals surface area (Å²) in [5.74, 6) is 0.802. The monoisotopic (exact) mass is 357 g/mol. The average molecular weight is 357 g/mol. The van der Waals surface area contributed by atoms with Gasteiger partial charge in [-0.1, -0.05) is 29.8 Å². The first-order valence-electron chi connectivity index (χ1n) is 9.82. The van der Waals surface area contributed by atoms with Crippen LogP contribution >= 0.6 is 0 Å². The Morgan fingerprint density at radius 3 is 2.65 bits per heavy atom. The van der Waals surface area contributed by atoms with Crippen molar-refractivity contribution in [1.82, 2.24) is 15.5 Å². The number of carbonyl (C=O) groups is 2. The number of urea groups is 1. The molecule has 2 N–H and O–H groups in total. The van der Waals surface area contributed by atoms with E-state index in [0.717, 1.165) is 13.0 Å². The number of nitrogens with one attached hydrogen (secondary N) is 2. The first-order chi connectivity index (χ1) is 12.4. The summed E-state index contributed by atoms with van der Waals surface area (Å²) in [6.07, 6.45) is 3.24. The molecule has 1 saturated carbocycles. The third-order valence-corrected chi connectivity index (χ3v) is 5.30. The van der Waals surface area contributed by atoms with Gasteiger partial charge in [0.15, 0.2) is 0 Å². The van der Waals surface area contributed by atoms with E-state index in [2.05, 4.69) is 41.8 Å². The summed E-state index contributed by atoms with van der Waals surface area (Å²) in [5, 5.41) is 6.07. The lowest BCUT2D eigenvalue weighted by Gasteiger charge is -2.38. The molecule has 3 amide bonds. The van der Waals surface area contributed by atoms with Crippen molar-refractivity contribution in [2.75, 3.05) is 19.6 Å². The second kappa shape index (κ2) is 8.11. The van der Waals surface area contributed by atoms with Gasteiger partial charge in [-0.2, -0.15) is 0 Å². The number of hydrogen-bond acceptors (Lipinski definition) is 2. The number of rotatable bonds is 5. The first-order valence-corrected chi connectivity index (χ1v) is 9.82. The minimum Gasteiger partial charge on any atom is -0.356 e. The Morgan fingerprint density at radius 1 is 1.23 bits per heavy atom. The Labute approximate surface area is 156 Å². The van der Waals surface area contributed by atoms with Crippen molar-refractivity contribution in [3.63, 3.8) is 0 Å². The van der Waals surface area contributed by atoms with Crippen molar-refractivity contribution < 1.29 is 9.59 Å². The molecule has 0 spiro atoms. The van der Waals surface area contributed by atoms with Gasteiger partial charge in [-0.05, 0) is 51.5 Å². The Balaban J connectivity index is 1.73. The van der Waals surface area contributed by atoms with Gasteiger partial charge >= 0.3 is 6.03 Å². The summed E-state index contributed by atoms with van der Waals surface area (Å²) in [6.45, 7) is 7.93. The molecule has 3 rings (SSSR count). The Hall–Kier alpha value is -2.04. The van der Waals surface area contributed by atoms with Crippen LogP contribution in [-0.4, -0.2) is 42.5 Å². The molecule has 1 aliphatic carbocycles. The molecule has 5 heteroatoms. The quantitative estimate of drug-likeness (QED) is 0.851. The van der Waals surface area contributed by atoms with Crippen molar-refractivity contribution in [1.29, 1.82) is 0 Å². The van der Waals surface area contributed by atoms with E-state index in [0.29, 0.717) is 19.0 Å². The molecule has 2 fully saturated rings. The van der Waals surface area contributed by atoms with E-state index in [4.69, 9.17) is 0 Å². The second-order valence-corrected chi connectivity index (χ2v) is 8.24. The van der Waals surface area contributed by atoms with E-state index in [1.54, 1.807) is 0 Å². The van der Waals surface area contributed by atoms with Crippen LogP contribution < -0.4 is 10.6 Å². The fraction of sp³-hybridized carbons (Fsp3) is 0.619. The maximum absolute atomic E-state index is 12.7. The van der Waals surface area contributed by atoms with E-state index < -0.39 is 0 Å². The zero-order valence-corrected chi connectivity index (χ0v) is 16.1. The highest BCUT2D eigenvalue weighted by Gasteiger charge is 2.35. The van der Waals surface area contributed by atoms with Crippen LogP contribution in [0.2, 0.25) is 0 Å². The number of benzene rings is 1. The summed E-state index contributed by atoms with van der Waals surface area (Å²) < 4.78 is 0. The lowest BCUT2D eigenvalue weighted by Crippen LogP contribution is -2.52. The predicted octanol–water partition coefficient (Wildman–Crippen LogP) is 3.04. The molecule has 142 valence electrons. The van der Waals surface area contributed by atoms with E-state index in [1.807, 2.05) is 18.7 Å². The molecule has 1 aromatic carbocycles. The molecule has 1 aliphatic heterocycles. The molecule has 2 aliphatic rings. The molecule has 5 nitrogen and oxygen atoms in total. The van der Waals surface area contributed by atoms with Gasteiger partial charge < -0.3 is 15.5 Å². The van der Waals surface area contributed by atoms with Crippen LogP contribution in [0, 0.1) is 18.8 Å². The van der Waals surface area contributed by atoms with Gasteiger partial charge in [0.05, 0.1) is 5.92 Å². The first kappa shape index (κ1) is 18.7. The molecule has 0 aromatic heterocycles. The van der Waals surface area contributed by atoms with Gasteiger partial charge in [0.25, 0.3) is 0 Å². The Bertz CT molecular complexity index is 654. The van der Waals surface area contributed by atoms with Gasteiger partial charge in [-0.25, -0.2) is 4.79 Å². The molecular formula is C21H31N3O2. The molecule has 1 saturated heterocycles. The summed E-state index contributed by atoms with van der Waals surface area (Å²) in [7, 11) is 0. The summed E-state index contributed by atoms with van der Waals surface area (Å²) in [4.78, 5) is 27.1. The molecule has 1 heterocycles. The van der Waals surface area contributed by atoms with Crippen LogP contribution in [0.25, 0.3) is 0 Å². The van der Waals surface area contributed by atoms with E-state index in [1.165, 1.54) is 24.0 Å². The van der Waals surface area contributed by atoms with Crippen LogP contribution in [0.1, 0.15) is 50.2 Å². The van der Waals surface area contributed by atoms with Gasteiger partial charge in [-0.3, -0.25) is 4.79 Å². The fourth-order valence-electron chi connectivity index (χ4n) is 3.67. The molecule has 26 heavy (non-hydrogen) atoms. The smallest absolute Gasteiger partial charge is 0.317 e. The Kier molecular flexibility index (Phi) is 5.84. The van der Waals surface area contributed by atoms with Crippen LogP contribution in [-0.2, 0) is 4.79 Å². The molecule has 0 bridgehead atoms. The minimum atomic E-state index is -0.147. The third kappa shape index (κ3) is 4.99. The maximum atomic E-state index is 12.7. The summed E-state index contributed by atoms with van der Waals surface area (Å²) >= 11 is 0. The molecule has 2 atom stereocenters. The van der Waals surface area contributed by atoms with Crippen molar-refractivity contribution in [2.24, 2.45) is 11.8 Å². The number of hydrogen-bond donors (Lipinski definition) is 2. The van der Waals surface area contributed by atoms with Crippen LogP contribution in [0.3, 0.4) is 0 Å². The largest absolute Gasteiger partial charge is 0.356 e. The summed E-state index contributed by atoms with van der Waals surface area (Å²) in [5.41, 5.74) is 2.42. The highest BCUT2D eigenvalue weighted by Crippen LogP contribution is 2.32. The minimum absolute atomic E-state index is 0.0719. The van der Waals surface area contributed by atoms with E-state index in [9.17, 15) is 9.59 Å². The van der Waals surface area contributed by atoms with E-state index >= 15 is 0 Å². The predicted molar refractivity (Wildman–Crippen MR) is 103 cm³/mol. The van der Waals surface area contributed by atoms with Crippen LogP contribution in [0.15, 0.2) is 24.3 Å². The number of carbonyl (C=O) groups excluding carboxylic acids is 2. The Morgan fingerprint density at radius 2 is 2.00 bits per heavy atom. The number of aryl methyl sites for hydroxylation is 1.